The smallest absolute Gasteiger partial charge is 0.230 e. The number of nitrogens with one attached hydrogen (secondary N) is 1. The molecule has 0 spiro atoms. The molecule has 6 nitrogen and oxygen atoms in total. The van der Waals surface area contributed by atoms with Gasteiger partial charge >= 0.3 is 0 Å². The maximum Gasteiger partial charge on any atom is 0.230 e. The topological polar surface area (TPSA) is 73.3 Å². The van der Waals surface area contributed by atoms with Gasteiger partial charge in [0.1, 0.15) is 5.01 Å². The Hall–Kier alpha value is -2.15. The lowest BCUT2D eigenvalue weighted by molar-refractivity contribution is -0.115. The van der Waals surface area contributed by atoms with Gasteiger partial charge in [-0.3, -0.25) is 4.79 Å². The number of benzene rings is 1. The second-order valence-corrected chi connectivity index (χ2v) is 6.43. The van der Waals surface area contributed by atoms with Crippen molar-refractivity contribution in [2.75, 3.05) is 19.5 Å². The lowest BCUT2D eigenvalue weighted by Crippen LogP contribution is -2.14. The molecule has 130 valence electrons. The van der Waals surface area contributed by atoms with Crippen molar-refractivity contribution < 1.29 is 14.3 Å². The Morgan fingerprint density at radius 2 is 1.96 bits per heavy atom. The lowest BCUT2D eigenvalue weighted by Gasteiger charge is -2.09. The first kappa shape index (κ1) is 18.2. The summed E-state index contributed by atoms with van der Waals surface area (Å²) in [6.07, 6.45) is 4.61. The highest BCUT2D eigenvalue weighted by molar-refractivity contribution is 7.15. The SMILES string of the molecule is CCCCCc1nnc(NC(=O)Cc2ccc(OC)c(OC)c2)s1. The second-order valence-electron chi connectivity index (χ2n) is 5.37. The summed E-state index contributed by atoms with van der Waals surface area (Å²) in [5.74, 6) is 1.12. The van der Waals surface area contributed by atoms with Crippen molar-refractivity contribution in [2.45, 2.75) is 39.0 Å². The van der Waals surface area contributed by atoms with Crippen molar-refractivity contribution in [3.05, 3.63) is 28.8 Å². The molecule has 1 amide bonds. The van der Waals surface area contributed by atoms with Gasteiger partial charge in [-0.15, -0.1) is 10.2 Å². The molecule has 0 aliphatic carbocycles. The van der Waals surface area contributed by atoms with E-state index in [0.717, 1.165) is 23.4 Å². The van der Waals surface area contributed by atoms with E-state index in [1.54, 1.807) is 26.4 Å². The highest BCUT2D eigenvalue weighted by atomic mass is 32.1. The Morgan fingerprint density at radius 3 is 2.67 bits per heavy atom. The average molecular weight is 349 g/mol. The summed E-state index contributed by atoms with van der Waals surface area (Å²) in [6, 6.07) is 5.43. The second kappa shape index (κ2) is 9.22. The maximum atomic E-state index is 12.2. The van der Waals surface area contributed by atoms with Gasteiger partial charge < -0.3 is 14.8 Å². The normalized spacial score (nSPS) is 10.5. The minimum atomic E-state index is -0.126. The summed E-state index contributed by atoms with van der Waals surface area (Å²) in [4.78, 5) is 12.2. The average Bonchev–Trinajstić information content (AvgIpc) is 3.02. The summed E-state index contributed by atoms with van der Waals surface area (Å²) in [5, 5.41) is 12.5. The van der Waals surface area contributed by atoms with E-state index in [4.69, 9.17) is 9.47 Å². The van der Waals surface area contributed by atoms with Gasteiger partial charge in [-0.2, -0.15) is 0 Å². The Kier molecular flexibility index (Phi) is 6.99. The maximum absolute atomic E-state index is 12.2. The van der Waals surface area contributed by atoms with E-state index in [9.17, 15) is 4.79 Å². The molecule has 2 rings (SSSR count). The van der Waals surface area contributed by atoms with Crippen LogP contribution in [0.15, 0.2) is 18.2 Å². The standard InChI is InChI=1S/C17H23N3O3S/c1-4-5-6-7-16-19-20-17(24-16)18-15(21)11-12-8-9-13(22-2)14(10-12)23-3/h8-10H,4-7,11H2,1-3H3,(H,18,20,21). The number of hydrogen-bond donors (Lipinski definition) is 1. The number of aromatic nitrogens is 2. The van der Waals surface area contributed by atoms with E-state index in [1.807, 2.05) is 6.07 Å². The Morgan fingerprint density at radius 1 is 1.17 bits per heavy atom. The summed E-state index contributed by atoms with van der Waals surface area (Å²) < 4.78 is 10.4. The zero-order valence-corrected chi connectivity index (χ0v) is 15.1. The van der Waals surface area contributed by atoms with E-state index in [1.165, 1.54) is 24.2 Å². The summed E-state index contributed by atoms with van der Waals surface area (Å²) in [7, 11) is 3.15. The molecule has 1 aromatic heterocycles. The molecule has 0 saturated carbocycles. The largest absolute Gasteiger partial charge is 0.493 e. The molecule has 0 aliphatic rings. The highest BCUT2D eigenvalue weighted by Gasteiger charge is 2.11. The van der Waals surface area contributed by atoms with Crippen molar-refractivity contribution in [2.24, 2.45) is 0 Å². The molecule has 1 N–H and O–H groups in total. The van der Waals surface area contributed by atoms with Crippen molar-refractivity contribution in [3.8, 4) is 11.5 Å². The molecule has 1 heterocycles. The molecule has 0 atom stereocenters. The third kappa shape index (κ3) is 5.19. The number of amides is 1. The minimum Gasteiger partial charge on any atom is -0.493 e. The van der Waals surface area contributed by atoms with Crippen LogP contribution in [0.1, 0.15) is 36.8 Å². The molecule has 2 aromatic rings. The number of carbonyl (C=O) groups is 1. The van der Waals surface area contributed by atoms with E-state index >= 15 is 0 Å². The number of ether oxygens (including phenoxy) is 2. The van der Waals surface area contributed by atoms with Gasteiger partial charge in [0.05, 0.1) is 20.6 Å². The summed E-state index contributed by atoms with van der Waals surface area (Å²) in [6.45, 7) is 2.17. The molecule has 24 heavy (non-hydrogen) atoms. The van der Waals surface area contributed by atoms with Crippen molar-refractivity contribution in [3.63, 3.8) is 0 Å². The fourth-order valence-electron chi connectivity index (χ4n) is 2.27. The van der Waals surface area contributed by atoms with Crippen molar-refractivity contribution >= 4 is 22.4 Å². The molecule has 0 unspecified atom stereocenters. The number of unbranched alkanes of at least 4 members (excludes halogenated alkanes) is 2. The molecule has 7 heteroatoms. The van der Waals surface area contributed by atoms with Gasteiger partial charge in [-0.25, -0.2) is 0 Å². The monoisotopic (exact) mass is 349 g/mol. The predicted octanol–water partition coefficient (Wildman–Crippen LogP) is 3.47. The van der Waals surface area contributed by atoms with Crippen LogP contribution in [0.4, 0.5) is 5.13 Å². The zero-order valence-electron chi connectivity index (χ0n) is 14.3. The molecule has 0 fully saturated rings. The first-order valence-corrected chi connectivity index (χ1v) is 8.81. The number of methoxy groups -OCH3 is 2. The number of rotatable bonds is 9. The van der Waals surface area contributed by atoms with Gasteiger partial charge in [-0.1, -0.05) is 37.2 Å². The van der Waals surface area contributed by atoms with Crippen LogP contribution in [0.25, 0.3) is 0 Å². The molecule has 0 aliphatic heterocycles. The van der Waals surface area contributed by atoms with Crippen LogP contribution in [0.2, 0.25) is 0 Å². The zero-order chi connectivity index (χ0) is 17.4. The fourth-order valence-corrected chi connectivity index (χ4v) is 3.07. The predicted molar refractivity (Wildman–Crippen MR) is 95.0 cm³/mol. The molecular weight excluding hydrogens is 326 g/mol. The number of nitrogens with zero attached hydrogens (tertiary/aromatic N) is 2. The van der Waals surface area contributed by atoms with Crippen LogP contribution in [-0.2, 0) is 17.6 Å². The van der Waals surface area contributed by atoms with E-state index in [-0.39, 0.29) is 12.3 Å². The van der Waals surface area contributed by atoms with Crippen LogP contribution in [0, 0.1) is 0 Å². The summed E-state index contributed by atoms with van der Waals surface area (Å²) >= 11 is 1.44. The van der Waals surface area contributed by atoms with Crippen LogP contribution in [-0.4, -0.2) is 30.3 Å². The lowest BCUT2D eigenvalue weighted by atomic mass is 10.1. The Balaban J connectivity index is 1.91. The fraction of sp³-hybridized carbons (Fsp3) is 0.471. The molecule has 0 radical (unpaired) electrons. The molecule has 0 bridgehead atoms. The van der Waals surface area contributed by atoms with Crippen LogP contribution in [0.5, 0.6) is 11.5 Å². The van der Waals surface area contributed by atoms with Gasteiger partial charge in [0.15, 0.2) is 11.5 Å². The highest BCUT2D eigenvalue weighted by Crippen LogP contribution is 2.28. The first-order valence-electron chi connectivity index (χ1n) is 7.99. The summed E-state index contributed by atoms with van der Waals surface area (Å²) in [5.41, 5.74) is 0.845. The van der Waals surface area contributed by atoms with E-state index in [0.29, 0.717) is 16.6 Å². The van der Waals surface area contributed by atoms with Crippen molar-refractivity contribution in [1.82, 2.24) is 10.2 Å². The van der Waals surface area contributed by atoms with E-state index in [2.05, 4.69) is 22.4 Å². The van der Waals surface area contributed by atoms with Crippen LogP contribution < -0.4 is 14.8 Å². The quantitative estimate of drug-likeness (QED) is 0.702. The molecule has 1 aromatic carbocycles. The number of carbonyl (C=O) groups excluding carboxylic acids is 1. The van der Waals surface area contributed by atoms with Gasteiger partial charge in [0, 0.05) is 6.42 Å². The van der Waals surface area contributed by atoms with Crippen LogP contribution >= 0.6 is 11.3 Å². The first-order chi connectivity index (χ1) is 11.7. The number of aryl methyl sites for hydroxylation is 1. The van der Waals surface area contributed by atoms with Gasteiger partial charge in [0.25, 0.3) is 0 Å². The Labute approximate surface area is 146 Å². The van der Waals surface area contributed by atoms with E-state index < -0.39 is 0 Å². The minimum absolute atomic E-state index is 0.126. The van der Waals surface area contributed by atoms with Gasteiger partial charge in [-0.05, 0) is 24.1 Å². The molecular formula is C17H23N3O3S. The number of anilines is 1. The van der Waals surface area contributed by atoms with Crippen LogP contribution in [0.3, 0.4) is 0 Å². The van der Waals surface area contributed by atoms with Gasteiger partial charge in [0.2, 0.25) is 11.0 Å². The van der Waals surface area contributed by atoms with Crippen molar-refractivity contribution in [1.29, 1.82) is 0 Å². The molecule has 0 saturated heterocycles. The third-order valence-electron chi connectivity index (χ3n) is 3.52. The number of hydrogen-bond acceptors (Lipinski definition) is 6. The Bertz CT molecular complexity index is 673. The third-order valence-corrected chi connectivity index (χ3v) is 4.42.